The van der Waals surface area contributed by atoms with Crippen molar-refractivity contribution in [2.75, 3.05) is 20.1 Å². The molecule has 2 bridgehead atoms. The zero-order valence-corrected chi connectivity index (χ0v) is 13.6. The average molecular weight is 278 g/mol. The highest BCUT2D eigenvalue weighted by Crippen LogP contribution is 2.49. The third kappa shape index (κ3) is 2.66. The summed E-state index contributed by atoms with van der Waals surface area (Å²) in [5.41, 5.74) is 6.56. The Bertz CT molecular complexity index is 319. The molecule has 0 radical (unpaired) electrons. The first-order valence-electron chi connectivity index (χ1n) is 9.08. The van der Waals surface area contributed by atoms with Crippen molar-refractivity contribution in [1.82, 2.24) is 4.90 Å². The maximum absolute atomic E-state index is 6.23. The van der Waals surface area contributed by atoms with E-state index in [0.717, 1.165) is 30.2 Å². The lowest BCUT2D eigenvalue weighted by Crippen LogP contribution is -2.55. The number of fused-ring (bicyclic) bond motifs is 2. The van der Waals surface area contributed by atoms with E-state index in [4.69, 9.17) is 5.73 Å². The maximum atomic E-state index is 6.23. The van der Waals surface area contributed by atoms with Crippen LogP contribution in [-0.4, -0.2) is 30.6 Å². The number of hydrogen-bond acceptors (Lipinski definition) is 2. The van der Waals surface area contributed by atoms with Gasteiger partial charge in [-0.2, -0.15) is 0 Å². The molecule has 0 aromatic rings. The lowest BCUT2D eigenvalue weighted by Gasteiger charge is -2.47. The van der Waals surface area contributed by atoms with Crippen molar-refractivity contribution in [3.8, 4) is 0 Å². The van der Waals surface area contributed by atoms with Crippen LogP contribution in [0, 0.1) is 23.7 Å². The van der Waals surface area contributed by atoms with Crippen LogP contribution in [-0.2, 0) is 0 Å². The Balaban J connectivity index is 1.58. The van der Waals surface area contributed by atoms with Gasteiger partial charge in [0.2, 0.25) is 0 Å². The second kappa shape index (κ2) is 5.96. The van der Waals surface area contributed by atoms with Crippen molar-refractivity contribution in [3.05, 3.63) is 0 Å². The molecule has 3 atom stereocenters. The summed E-state index contributed by atoms with van der Waals surface area (Å²) in [7, 11) is 2.37. The molecule has 20 heavy (non-hydrogen) atoms. The summed E-state index contributed by atoms with van der Waals surface area (Å²) in [6, 6.07) is 0. The molecule has 0 heterocycles. The molecule has 2 nitrogen and oxygen atoms in total. The van der Waals surface area contributed by atoms with Crippen LogP contribution in [0.2, 0.25) is 0 Å². The molecule has 0 aliphatic heterocycles. The van der Waals surface area contributed by atoms with Crippen LogP contribution in [0.1, 0.15) is 64.7 Å². The van der Waals surface area contributed by atoms with E-state index in [2.05, 4.69) is 18.9 Å². The highest BCUT2D eigenvalue weighted by molar-refractivity contribution is 4.98. The Labute approximate surface area is 125 Å². The summed E-state index contributed by atoms with van der Waals surface area (Å²) in [6.45, 7) is 4.52. The van der Waals surface area contributed by atoms with E-state index in [0.29, 0.717) is 5.54 Å². The van der Waals surface area contributed by atoms with Crippen LogP contribution >= 0.6 is 0 Å². The molecule has 0 amide bonds. The minimum absolute atomic E-state index is 0.327. The van der Waals surface area contributed by atoms with E-state index in [1.807, 2.05) is 0 Å². The molecule has 116 valence electrons. The predicted octanol–water partition coefficient (Wildman–Crippen LogP) is 3.65. The zero-order valence-electron chi connectivity index (χ0n) is 13.6. The SMILES string of the molecule is CCC1CCC(CN)(N(C)CC2CC3CCC2C3)CC1. The van der Waals surface area contributed by atoms with Crippen LogP contribution in [0.25, 0.3) is 0 Å². The second-order valence-corrected chi connectivity index (χ2v) is 8.10. The molecule has 3 saturated carbocycles. The number of likely N-dealkylation sites (N-methyl/N-ethyl adjacent to an activating group) is 1. The molecule has 2 heteroatoms. The summed E-state index contributed by atoms with van der Waals surface area (Å²) < 4.78 is 0. The topological polar surface area (TPSA) is 29.3 Å². The van der Waals surface area contributed by atoms with Gasteiger partial charge in [-0.1, -0.05) is 19.8 Å². The molecule has 3 aliphatic carbocycles. The van der Waals surface area contributed by atoms with Crippen LogP contribution in [0.15, 0.2) is 0 Å². The zero-order chi connectivity index (χ0) is 14.2. The van der Waals surface area contributed by atoms with E-state index < -0.39 is 0 Å². The van der Waals surface area contributed by atoms with Gasteiger partial charge in [0.05, 0.1) is 0 Å². The molecule has 3 unspecified atom stereocenters. The van der Waals surface area contributed by atoms with Gasteiger partial charge in [0.1, 0.15) is 0 Å². The van der Waals surface area contributed by atoms with E-state index in [9.17, 15) is 0 Å². The normalized spacial score (nSPS) is 44.4. The fourth-order valence-electron chi connectivity index (χ4n) is 5.51. The molecule has 3 aliphatic rings. The van der Waals surface area contributed by atoms with Gasteiger partial charge in [0.25, 0.3) is 0 Å². The maximum Gasteiger partial charge on any atom is 0.0329 e. The Morgan fingerprint density at radius 3 is 2.35 bits per heavy atom. The Hall–Kier alpha value is -0.0800. The molecule has 3 rings (SSSR count). The summed E-state index contributed by atoms with van der Waals surface area (Å²) >= 11 is 0. The van der Waals surface area contributed by atoms with E-state index in [1.165, 1.54) is 64.3 Å². The summed E-state index contributed by atoms with van der Waals surface area (Å²) in [4.78, 5) is 2.68. The van der Waals surface area contributed by atoms with Gasteiger partial charge in [-0.05, 0) is 75.7 Å². The van der Waals surface area contributed by atoms with Crippen molar-refractivity contribution in [2.45, 2.75) is 70.3 Å². The summed E-state index contributed by atoms with van der Waals surface area (Å²) in [6.07, 6.45) is 12.9. The monoisotopic (exact) mass is 278 g/mol. The number of rotatable bonds is 5. The van der Waals surface area contributed by atoms with Crippen molar-refractivity contribution in [2.24, 2.45) is 29.4 Å². The smallest absolute Gasteiger partial charge is 0.0329 e. The Kier molecular flexibility index (Phi) is 4.42. The molecule has 0 saturated heterocycles. The molecular weight excluding hydrogens is 244 g/mol. The quantitative estimate of drug-likeness (QED) is 0.831. The van der Waals surface area contributed by atoms with Crippen LogP contribution < -0.4 is 5.73 Å². The third-order valence-corrected chi connectivity index (χ3v) is 7.20. The van der Waals surface area contributed by atoms with Crippen molar-refractivity contribution in [3.63, 3.8) is 0 Å². The van der Waals surface area contributed by atoms with Gasteiger partial charge in [-0.3, -0.25) is 4.90 Å². The molecule has 2 N–H and O–H groups in total. The predicted molar refractivity (Wildman–Crippen MR) is 85.6 cm³/mol. The highest BCUT2D eigenvalue weighted by atomic mass is 15.2. The van der Waals surface area contributed by atoms with Gasteiger partial charge >= 0.3 is 0 Å². The number of nitrogens with two attached hydrogens (primary N) is 1. The summed E-state index contributed by atoms with van der Waals surface area (Å²) in [5, 5.41) is 0. The average Bonchev–Trinajstić information content (AvgIpc) is 3.09. The molecule has 3 fully saturated rings. The molecule has 0 aromatic carbocycles. The first-order valence-corrected chi connectivity index (χ1v) is 9.08. The largest absolute Gasteiger partial charge is 0.329 e. The van der Waals surface area contributed by atoms with Crippen molar-refractivity contribution in [1.29, 1.82) is 0 Å². The van der Waals surface area contributed by atoms with Crippen molar-refractivity contribution >= 4 is 0 Å². The van der Waals surface area contributed by atoms with E-state index in [1.54, 1.807) is 0 Å². The number of nitrogens with zero attached hydrogens (tertiary/aromatic N) is 1. The lowest BCUT2D eigenvalue weighted by molar-refractivity contribution is 0.0434. The van der Waals surface area contributed by atoms with Crippen LogP contribution in [0.3, 0.4) is 0 Å². The third-order valence-electron chi connectivity index (χ3n) is 7.20. The fraction of sp³-hybridized carbons (Fsp3) is 1.00. The number of hydrogen-bond donors (Lipinski definition) is 1. The minimum Gasteiger partial charge on any atom is -0.329 e. The van der Waals surface area contributed by atoms with Crippen molar-refractivity contribution < 1.29 is 0 Å². The Morgan fingerprint density at radius 1 is 1.10 bits per heavy atom. The van der Waals surface area contributed by atoms with E-state index in [-0.39, 0.29) is 0 Å². The van der Waals surface area contributed by atoms with Gasteiger partial charge in [0, 0.05) is 18.6 Å². The fourth-order valence-corrected chi connectivity index (χ4v) is 5.51. The van der Waals surface area contributed by atoms with Crippen LogP contribution in [0.4, 0.5) is 0 Å². The van der Waals surface area contributed by atoms with Gasteiger partial charge < -0.3 is 5.73 Å². The van der Waals surface area contributed by atoms with Crippen LogP contribution in [0.5, 0.6) is 0 Å². The molecule has 0 aromatic heterocycles. The highest BCUT2D eigenvalue weighted by Gasteiger charge is 2.43. The van der Waals surface area contributed by atoms with Gasteiger partial charge in [-0.15, -0.1) is 0 Å². The molecular formula is C18H34N2. The Morgan fingerprint density at radius 2 is 1.85 bits per heavy atom. The minimum atomic E-state index is 0.327. The van der Waals surface area contributed by atoms with E-state index >= 15 is 0 Å². The standard InChI is InChI=1S/C18H34N2/c1-3-14-6-8-18(13-19,9-7-14)20(2)12-17-11-15-4-5-16(17)10-15/h14-17H,3-13,19H2,1-2H3. The van der Waals surface area contributed by atoms with Gasteiger partial charge in [-0.25, -0.2) is 0 Å². The second-order valence-electron chi connectivity index (χ2n) is 8.10. The van der Waals surface area contributed by atoms with Gasteiger partial charge in [0.15, 0.2) is 0 Å². The summed E-state index contributed by atoms with van der Waals surface area (Å²) in [5.74, 6) is 4.06. The molecule has 0 spiro atoms. The first-order chi connectivity index (χ1) is 9.66. The lowest BCUT2D eigenvalue weighted by atomic mass is 9.74. The first kappa shape index (κ1) is 14.8.